The van der Waals surface area contributed by atoms with Crippen LogP contribution in [0.2, 0.25) is 0 Å². The van der Waals surface area contributed by atoms with Gasteiger partial charge in [0.05, 0.1) is 7.11 Å². The van der Waals surface area contributed by atoms with Gasteiger partial charge < -0.3 is 4.74 Å². The molecule has 2 heterocycles. The second-order valence-corrected chi connectivity index (χ2v) is 8.20. The molecule has 0 radical (unpaired) electrons. The summed E-state index contributed by atoms with van der Waals surface area (Å²) in [5.74, 6) is 1.00. The summed E-state index contributed by atoms with van der Waals surface area (Å²) in [7, 11) is 1.77. The van der Waals surface area contributed by atoms with E-state index in [9.17, 15) is 0 Å². The Balaban J connectivity index is 1.80. The second-order valence-electron chi connectivity index (χ2n) is 6.95. The summed E-state index contributed by atoms with van der Waals surface area (Å²) in [5, 5.41) is 0. The van der Waals surface area contributed by atoms with Crippen LogP contribution in [0.15, 0.2) is 42.5 Å². The molecule has 3 aromatic rings. The summed E-state index contributed by atoms with van der Waals surface area (Å²) >= 11 is 1.92. The first-order chi connectivity index (χ1) is 12.0. The summed E-state index contributed by atoms with van der Waals surface area (Å²) < 4.78 is 5.64. The van der Waals surface area contributed by atoms with E-state index in [-0.39, 0.29) is 5.41 Å². The number of rotatable bonds is 4. The van der Waals surface area contributed by atoms with E-state index in [1.54, 1.807) is 7.11 Å². The first kappa shape index (κ1) is 16.3. The van der Waals surface area contributed by atoms with Crippen LogP contribution >= 0.6 is 11.3 Å². The van der Waals surface area contributed by atoms with Gasteiger partial charge in [0.15, 0.2) is 0 Å². The number of aryl methyl sites for hydroxylation is 3. The number of pyridine rings is 1. The van der Waals surface area contributed by atoms with E-state index in [4.69, 9.17) is 4.74 Å². The molecule has 25 heavy (non-hydrogen) atoms. The van der Waals surface area contributed by atoms with Gasteiger partial charge in [-0.05, 0) is 57.4 Å². The molecule has 0 bridgehead atoms. The number of ether oxygens (including phenoxy) is 1. The first-order valence-corrected chi connectivity index (χ1v) is 9.56. The molecule has 2 aromatic heterocycles. The van der Waals surface area contributed by atoms with E-state index in [1.807, 2.05) is 24.3 Å². The molecule has 1 aliphatic rings. The van der Waals surface area contributed by atoms with Crippen molar-refractivity contribution in [3.63, 3.8) is 0 Å². The lowest BCUT2D eigenvalue weighted by molar-refractivity contribution is 0.407. The van der Waals surface area contributed by atoms with Crippen LogP contribution in [0.4, 0.5) is 0 Å². The molecule has 0 atom stereocenters. The van der Waals surface area contributed by atoms with Crippen LogP contribution in [-0.2, 0) is 5.41 Å². The number of methoxy groups -OCH3 is 1. The highest BCUT2D eigenvalue weighted by Gasteiger charge is 2.49. The van der Waals surface area contributed by atoms with Gasteiger partial charge in [0.25, 0.3) is 0 Å². The van der Waals surface area contributed by atoms with Crippen molar-refractivity contribution in [2.45, 2.75) is 39.0 Å². The Kier molecular flexibility index (Phi) is 3.92. The normalized spacial score (nSPS) is 15.2. The third kappa shape index (κ3) is 2.67. The number of hydrogen-bond acceptors (Lipinski definition) is 3. The Labute approximate surface area is 153 Å². The second kappa shape index (κ2) is 5.99. The predicted molar refractivity (Wildman–Crippen MR) is 105 cm³/mol. The van der Waals surface area contributed by atoms with Crippen LogP contribution in [0, 0.1) is 20.8 Å². The summed E-state index contributed by atoms with van der Waals surface area (Å²) in [6.45, 7) is 6.37. The lowest BCUT2D eigenvalue weighted by Gasteiger charge is -2.17. The van der Waals surface area contributed by atoms with Crippen molar-refractivity contribution in [1.82, 2.24) is 4.98 Å². The zero-order chi connectivity index (χ0) is 17.6. The van der Waals surface area contributed by atoms with Gasteiger partial charge in [0, 0.05) is 37.7 Å². The van der Waals surface area contributed by atoms with E-state index in [2.05, 4.69) is 55.2 Å². The van der Waals surface area contributed by atoms with Gasteiger partial charge in [-0.3, -0.25) is 4.98 Å². The molecule has 0 amide bonds. The molecule has 128 valence electrons. The average Bonchev–Trinajstić information content (AvgIpc) is 3.32. The lowest BCUT2D eigenvalue weighted by atomic mass is 9.92. The molecule has 4 rings (SSSR count). The fraction of sp³-hybridized carbons (Fsp3) is 0.318. The third-order valence-electron chi connectivity index (χ3n) is 5.28. The number of aromatic nitrogens is 1. The minimum absolute atomic E-state index is 0.131. The highest BCUT2D eigenvalue weighted by molar-refractivity contribution is 7.12. The number of para-hydroxylation sites is 1. The quantitative estimate of drug-likeness (QED) is 0.592. The predicted octanol–water partition coefficient (Wildman–Crippen LogP) is 5.82. The van der Waals surface area contributed by atoms with Crippen molar-refractivity contribution < 1.29 is 4.74 Å². The van der Waals surface area contributed by atoms with Crippen molar-refractivity contribution in [3.8, 4) is 16.9 Å². The number of hydrogen-bond donors (Lipinski definition) is 0. The van der Waals surface area contributed by atoms with Gasteiger partial charge in [-0.2, -0.15) is 0 Å². The molecule has 0 spiro atoms. The SMILES string of the molecule is COc1ccccc1C1(c2cc(-c3ccc(C)nc3C)c(C)s2)CC1. The topological polar surface area (TPSA) is 22.1 Å². The average molecular weight is 349 g/mol. The molecular weight excluding hydrogens is 326 g/mol. The molecule has 2 nitrogen and oxygen atoms in total. The number of nitrogens with zero attached hydrogens (tertiary/aromatic N) is 1. The molecule has 0 unspecified atom stereocenters. The third-order valence-corrected chi connectivity index (χ3v) is 6.53. The minimum atomic E-state index is 0.131. The summed E-state index contributed by atoms with van der Waals surface area (Å²) in [6.07, 6.45) is 2.38. The fourth-order valence-corrected chi connectivity index (χ4v) is 5.06. The van der Waals surface area contributed by atoms with Crippen molar-refractivity contribution in [1.29, 1.82) is 0 Å². The first-order valence-electron chi connectivity index (χ1n) is 8.74. The number of benzene rings is 1. The molecule has 1 fully saturated rings. The monoisotopic (exact) mass is 349 g/mol. The van der Waals surface area contributed by atoms with Crippen molar-refractivity contribution >= 4 is 11.3 Å². The zero-order valence-electron chi connectivity index (χ0n) is 15.2. The van der Waals surface area contributed by atoms with Crippen LogP contribution in [0.25, 0.3) is 11.1 Å². The Bertz CT molecular complexity index is 937. The highest BCUT2D eigenvalue weighted by atomic mass is 32.1. The smallest absolute Gasteiger partial charge is 0.122 e. The lowest BCUT2D eigenvalue weighted by Crippen LogP contribution is -2.08. The molecule has 3 heteroatoms. The molecule has 1 saturated carbocycles. The Morgan fingerprint density at radius 3 is 2.44 bits per heavy atom. The van der Waals surface area contributed by atoms with Gasteiger partial charge in [-0.1, -0.05) is 24.3 Å². The van der Waals surface area contributed by atoms with Crippen LogP contribution in [0.1, 0.15) is 39.5 Å². The molecule has 1 aromatic carbocycles. The van der Waals surface area contributed by atoms with Crippen LogP contribution in [0.3, 0.4) is 0 Å². The molecule has 0 saturated heterocycles. The maximum Gasteiger partial charge on any atom is 0.122 e. The Morgan fingerprint density at radius 1 is 1.00 bits per heavy atom. The maximum absolute atomic E-state index is 5.64. The van der Waals surface area contributed by atoms with Crippen LogP contribution in [0.5, 0.6) is 5.75 Å². The van der Waals surface area contributed by atoms with Gasteiger partial charge in [-0.15, -0.1) is 11.3 Å². The van der Waals surface area contributed by atoms with E-state index in [1.165, 1.54) is 39.3 Å². The summed E-state index contributed by atoms with van der Waals surface area (Å²) in [5.41, 5.74) is 6.21. The molecule has 0 aliphatic heterocycles. The molecule has 0 N–H and O–H groups in total. The summed E-state index contributed by atoms with van der Waals surface area (Å²) in [4.78, 5) is 7.46. The van der Waals surface area contributed by atoms with Crippen LogP contribution in [-0.4, -0.2) is 12.1 Å². The van der Waals surface area contributed by atoms with Crippen molar-refractivity contribution in [2.75, 3.05) is 7.11 Å². The van der Waals surface area contributed by atoms with E-state index >= 15 is 0 Å². The highest BCUT2D eigenvalue weighted by Crippen LogP contribution is 2.58. The Hall–Kier alpha value is -2.13. The van der Waals surface area contributed by atoms with Crippen molar-refractivity contribution in [2.24, 2.45) is 0 Å². The number of thiophene rings is 1. The minimum Gasteiger partial charge on any atom is -0.496 e. The molecule has 1 aliphatic carbocycles. The largest absolute Gasteiger partial charge is 0.496 e. The van der Waals surface area contributed by atoms with E-state index < -0.39 is 0 Å². The van der Waals surface area contributed by atoms with E-state index in [0.717, 1.165) is 17.1 Å². The maximum atomic E-state index is 5.64. The van der Waals surface area contributed by atoms with Gasteiger partial charge in [-0.25, -0.2) is 0 Å². The Morgan fingerprint density at radius 2 is 1.76 bits per heavy atom. The van der Waals surface area contributed by atoms with E-state index in [0.29, 0.717) is 0 Å². The van der Waals surface area contributed by atoms with Gasteiger partial charge in [0.1, 0.15) is 5.75 Å². The molecular formula is C22H23NOS. The van der Waals surface area contributed by atoms with Gasteiger partial charge in [0.2, 0.25) is 0 Å². The van der Waals surface area contributed by atoms with Crippen LogP contribution < -0.4 is 4.74 Å². The van der Waals surface area contributed by atoms with Gasteiger partial charge >= 0.3 is 0 Å². The summed E-state index contributed by atoms with van der Waals surface area (Å²) in [6, 6.07) is 15.2. The standard InChI is InChI=1S/C22H23NOS/c1-14-9-10-17(15(2)23-14)18-13-21(25-16(18)3)22(11-12-22)19-7-5-6-8-20(19)24-4/h5-10,13H,11-12H2,1-4H3. The fourth-order valence-electron chi connectivity index (χ4n) is 3.77. The van der Waals surface area contributed by atoms with Crippen molar-refractivity contribution in [3.05, 3.63) is 69.2 Å². The zero-order valence-corrected chi connectivity index (χ0v) is 16.0.